The minimum absolute atomic E-state index is 0. The van der Waals surface area contributed by atoms with Gasteiger partial charge in [-0.05, 0) is 62.4 Å². The highest BCUT2D eigenvalue weighted by Gasteiger charge is 2.27. The number of nitrogens with two attached hydrogens (primary N) is 1. The second-order valence-electron chi connectivity index (χ2n) is 5.82. The van der Waals surface area contributed by atoms with E-state index in [1.165, 1.54) is 0 Å². The second kappa shape index (κ2) is 8.45. The van der Waals surface area contributed by atoms with Crippen molar-refractivity contribution in [2.45, 2.75) is 45.8 Å². The number of hydrogen-bond donors (Lipinski definition) is 2. The van der Waals surface area contributed by atoms with Crippen LogP contribution in [0.25, 0.3) is 0 Å². The van der Waals surface area contributed by atoms with Crippen LogP contribution in [-0.4, -0.2) is 25.1 Å². The summed E-state index contributed by atoms with van der Waals surface area (Å²) in [7, 11) is 0. The van der Waals surface area contributed by atoms with Crippen LogP contribution >= 0.6 is 12.4 Å². The zero-order valence-electron chi connectivity index (χ0n) is 13.3. The van der Waals surface area contributed by atoms with Crippen molar-refractivity contribution >= 4 is 18.3 Å². The fraction of sp³-hybridized carbons (Fsp3) is 0.562. The van der Waals surface area contributed by atoms with Crippen molar-refractivity contribution in [3.05, 3.63) is 28.8 Å². The molecule has 0 radical (unpaired) electrons. The van der Waals surface area contributed by atoms with Crippen molar-refractivity contribution in [3.8, 4) is 5.75 Å². The van der Waals surface area contributed by atoms with Gasteiger partial charge in [-0.3, -0.25) is 4.79 Å². The van der Waals surface area contributed by atoms with Crippen LogP contribution in [0.1, 0.15) is 40.7 Å². The van der Waals surface area contributed by atoms with Gasteiger partial charge in [0.1, 0.15) is 5.75 Å². The van der Waals surface area contributed by atoms with Crippen LogP contribution < -0.4 is 15.8 Å². The highest BCUT2D eigenvalue weighted by Crippen LogP contribution is 2.28. The molecule has 0 bridgehead atoms. The van der Waals surface area contributed by atoms with Crippen LogP contribution in [0.5, 0.6) is 5.75 Å². The Bertz CT molecular complexity index is 532. The smallest absolute Gasteiger partial charge is 0.387 e. The summed E-state index contributed by atoms with van der Waals surface area (Å²) in [5.41, 5.74) is 7.21. The van der Waals surface area contributed by atoms with Gasteiger partial charge >= 0.3 is 6.61 Å². The van der Waals surface area contributed by atoms with Crippen molar-refractivity contribution in [1.29, 1.82) is 0 Å². The lowest BCUT2D eigenvalue weighted by molar-refractivity contribution is -0.0507. The third-order valence-electron chi connectivity index (χ3n) is 4.21. The van der Waals surface area contributed by atoms with Crippen LogP contribution in [0.4, 0.5) is 8.78 Å². The Morgan fingerprint density at radius 1 is 1.35 bits per heavy atom. The van der Waals surface area contributed by atoms with Gasteiger partial charge in [-0.25, -0.2) is 0 Å². The average molecular weight is 349 g/mol. The number of alkyl halides is 2. The molecule has 0 heterocycles. The number of nitrogens with one attached hydrogen (secondary N) is 1. The molecule has 0 aliphatic heterocycles. The molecule has 23 heavy (non-hydrogen) atoms. The molecule has 1 fully saturated rings. The van der Waals surface area contributed by atoms with E-state index in [-0.39, 0.29) is 30.1 Å². The lowest BCUT2D eigenvalue weighted by atomic mass is 10.0. The Morgan fingerprint density at radius 3 is 2.48 bits per heavy atom. The van der Waals surface area contributed by atoms with E-state index in [4.69, 9.17) is 5.73 Å². The third kappa shape index (κ3) is 4.78. The molecule has 1 aliphatic rings. The summed E-state index contributed by atoms with van der Waals surface area (Å²) in [6.45, 7) is 0.991. The lowest BCUT2D eigenvalue weighted by Crippen LogP contribution is -2.39. The molecule has 0 aromatic heterocycles. The zero-order valence-corrected chi connectivity index (χ0v) is 14.1. The van der Waals surface area contributed by atoms with E-state index >= 15 is 0 Å². The first-order chi connectivity index (χ1) is 10.4. The fourth-order valence-corrected chi connectivity index (χ4v) is 3.12. The van der Waals surface area contributed by atoms with E-state index in [9.17, 15) is 13.6 Å². The normalized spacial score (nSPS) is 20.3. The molecule has 2 atom stereocenters. The van der Waals surface area contributed by atoms with Crippen LogP contribution in [0.3, 0.4) is 0 Å². The predicted octanol–water partition coefficient (Wildman–Crippen LogP) is 3.18. The van der Waals surface area contributed by atoms with Crippen molar-refractivity contribution < 1.29 is 18.3 Å². The first kappa shape index (κ1) is 19.6. The number of aryl methyl sites for hydroxylation is 2. The second-order valence-corrected chi connectivity index (χ2v) is 5.82. The molecule has 1 amide bonds. The molecule has 0 spiro atoms. The van der Waals surface area contributed by atoms with Crippen LogP contribution in [-0.2, 0) is 0 Å². The Balaban J connectivity index is 0.00000264. The molecule has 130 valence electrons. The molecule has 2 rings (SSSR count). The summed E-state index contributed by atoms with van der Waals surface area (Å²) in [5, 5.41) is 3.00. The van der Waals surface area contributed by atoms with Crippen molar-refractivity contribution in [2.24, 2.45) is 11.7 Å². The van der Waals surface area contributed by atoms with E-state index < -0.39 is 6.61 Å². The van der Waals surface area contributed by atoms with Gasteiger partial charge in [0, 0.05) is 11.6 Å². The van der Waals surface area contributed by atoms with Gasteiger partial charge in [0.15, 0.2) is 0 Å². The number of amides is 1. The molecule has 1 aliphatic carbocycles. The minimum Gasteiger partial charge on any atom is -0.434 e. The van der Waals surface area contributed by atoms with Gasteiger partial charge < -0.3 is 15.8 Å². The van der Waals surface area contributed by atoms with E-state index in [1.807, 2.05) is 0 Å². The highest BCUT2D eigenvalue weighted by molar-refractivity contribution is 5.95. The molecular formula is C16H23ClF2N2O2. The number of ether oxygens (including phenoxy) is 1. The summed E-state index contributed by atoms with van der Waals surface area (Å²) in [4.78, 5) is 12.4. The number of carbonyl (C=O) groups excluding carboxylic acids is 1. The Kier molecular flexibility index (Phi) is 7.22. The topological polar surface area (TPSA) is 64.4 Å². The van der Waals surface area contributed by atoms with Crippen LogP contribution in [0.2, 0.25) is 0 Å². The average Bonchev–Trinajstić information content (AvgIpc) is 2.89. The first-order valence-corrected chi connectivity index (χ1v) is 7.49. The molecule has 3 N–H and O–H groups in total. The summed E-state index contributed by atoms with van der Waals surface area (Å²) >= 11 is 0. The summed E-state index contributed by atoms with van der Waals surface area (Å²) in [5.74, 6) is 0.250. The summed E-state index contributed by atoms with van der Waals surface area (Å²) < 4.78 is 29.3. The lowest BCUT2D eigenvalue weighted by Gasteiger charge is -2.20. The SMILES string of the molecule is Cc1cc(C(=O)NC2CCCC2CN)cc(C)c1OC(F)F.Cl. The predicted molar refractivity (Wildman–Crippen MR) is 87.4 cm³/mol. The summed E-state index contributed by atoms with van der Waals surface area (Å²) in [6, 6.07) is 3.24. The Labute approximate surface area is 141 Å². The molecule has 1 saturated carbocycles. The number of hydrogen-bond acceptors (Lipinski definition) is 3. The van der Waals surface area contributed by atoms with Gasteiger partial charge in [-0.1, -0.05) is 6.42 Å². The fourth-order valence-electron chi connectivity index (χ4n) is 3.12. The number of rotatable bonds is 5. The van der Waals surface area contributed by atoms with Crippen molar-refractivity contribution in [3.63, 3.8) is 0 Å². The first-order valence-electron chi connectivity index (χ1n) is 7.49. The van der Waals surface area contributed by atoms with Crippen LogP contribution in [0, 0.1) is 19.8 Å². The van der Waals surface area contributed by atoms with E-state index in [1.54, 1.807) is 26.0 Å². The van der Waals surface area contributed by atoms with Gasteiger partial charge in [0.25, 0.3) is 5.91 Å². The van der Waals surface area contributed by atoms with E-state index in [0.29, 0.717) is 29.2 Å². The third-order valence-corrected chi connectivity index (χ3v) is 4.21. The number of halogens is 3. The van der Waals surface area contributed by atoms with Gasteiger partial charge in [0.2, 0.25) is 0 Å². The van der Waals surface area contributed by atoms with Gasteiger partial charge in [0.05, 0.1) is 0 Å². The minimum atomic E-state index is -2.87. The van der Waals surface area contributed by atoms with Gasteiger partial charge in [-0.2, -0.15) is 8.78 Å². The largest absolute Gasteiger partial charge is 0.434 e. The molecule has 0 saturated heterocycles. The van der Waals surface area contributed by atoms with Crippen molar-refractivity contribution in [1.82, 2.24) is 5.32 Å². The molecule has 4 nitrogen and oxygen atoms in total. The monoisotopic (exact) mass is 348 g/mol. The number of carbonyl (C=O) groups is 1. The molecule has 7 heteroatoms. The Hall–Kier alpha value is -1.40. The maximum absolute atomic E-state index is 12.4. The molecule has 1 aromatic carbocycles. The zero-order chi connectivity index (χ0) is 16.3. The molecule has 2 unspecified atom stereocenters. The quantitative estimate of drug-likeness (QED) is 0.859. The standard InChI is InChI=1S/C16H22F2N2O2.ClH/c1-9-6-12(7-10(2)14(9)22-16(17)18)15(21)20-13-5-3-4-11(13)8-19;/h6-7,11,13,16H,3-5,8,19H2,1-2H3,(H,20,21);1H. The van der Waals surface area contributed by atoms with E-state index in [2.05, 4.69) is 10.1 Å². The summed E-state index contributed by atoms with van der Waals surface area (Å²) in [6.07, 6.45) is 3.02. The maximum atomic E-state index is 12.4. The van der Waals surface area contributed by atoms with Gasteiger partial charge in [-0.15, -0.1) is 12.4 Å². The highest BCUT2D eigenvalue weighted by atomic mass is 35.5. The molecule has 1 aromatic rings. The van der Waals surface area contributed by atoms with Crippen LogP contribution in [0.15, 0.2) is 12.1 Å². The van der Waals surface area contributed by atoms with E-state index in [0.717, 1.165) is 19.3 Å². The maximum Gasteiger partial charge on any atom is 0.387 e. The number of benzene rings is 1. The Morgan fingerprint density at radius 2 is 1.96 bits per heavy atom. The molecular weight excluding hydrogens is 326 g/mol. The van der Waals surface area contributed by atoms with Crippen molar-refractivity contribution in [2.75, 3.05) is 6.54 Å².